The monoisotopic (exact) mass is 680 g/mol. The van der Waals surface area contributed by atoms with Gasteiger partial charge < -0.3 is 13.6 Å². The molecule has 0 N–H and O–H groups in total. The Bertz CT molecular complexity index is 3410. The molecule has 0 spiro atoms. The van der Waals surface area contributed by atoms with E-state index in [1.54, 1.807) is 0 Å². The van der Waals surface area contributed by atoms with E-state index in [9.17, 15) is 0 Å². The highest BCUT2D eigenvalue weighted by atomic mass is 32.1. The normalized spacial score (nSPS) is 12.2. The lowest BCUT2D eigenvalue weighted by molar-refractivity contribution is 0.669. The van der Waals surface area contributed by atoms with E-state index in [-0.39, 0.29) is 0 Å². The van der Waals surface area contributed by atoms with Gasteiger partial charge in [-0.3, -0.25) is 0 Å². The summed E-state index contributed by atoms with van der Waals surface area (Å²) in [6, 6.07) is 61.7. The van der Waals surface area contributed by atoms with Crippen LogP contribution in [-0.2, 0) is 0 Å². The highest BCUT2D eigenvalue weighted by Gasteiger charge is 2.21. The molecule has 0 fully saturated rings. The first kappa shape index (κ1) is 28.1. The first-order valence-corrected chi connectivity index (χ1v) is 18.5. The molecule has 242 valence electrons. The Morgan fingerprint density at radius 1 is 0.385 bits per heavy atom. The zero-order valence-corrected chi connectivity index (χ0v) is 28.7. The molecule has 8 aromatic carbocycles. The predicted molar refractivity (Wildman–Crippen MR) is 221 cm³/mol. The molecule has 0 saturated heterocycles. The minimum Gasteiger partial charge on any atom is -0.456 e. The third-order valence-electron chi connectivity index (χ3n) is 10.9. The molecule has 0 amide bonds. The van der Waals surface area contributed by atoms with Crippen molar-refractivity contribution >= 4 is 97.1 Å². The summed E-state index contributed by atoms with van der Waals surface area (Å²) in [5.74, 6) is 0. The van der Waals surface area contributed by atoms with Gasteiger partial charge in [0.15, 0.2) is 0 Å². The summed E-state index contributed by atoms with van der Waals surface area (Å²) >= 11 is 1.87. The van der Waals surface area contributed by atoms with Gasteiger partial charge in [-0.25, -0.2) is 0 Å². The lowest BCUT2D eigenvalue weighted by atomic mass is 9.98. The van der Waals surface area contributed by atoms with E-state index in [0.717, 1.165) is 22.2 Å². The maximum atomic E-state index is 6.25. The zero-order chi connectivity index (χ0) is 33.9. The van der Waals surface area contributed by atoms with E-state index in [1.165, 1.54) is 86.0 Å². The minimum atomic E-state index is 0.921. The van der Waals surface area contributed by atoms with Gasteiger partial charge in [0.25, 0.3) is 0 Å². The molecule has 12 rings (SSSR count). The molecule has 0 aliphatic heterocycles. The molecule has 0 atom stereocenters. The predicted octanol–water partition coefficient (Wildman–Crippen LogP) is 13.8. The van der Waals surface area contributed by atoms with Crippen molar-refractivity contribution in [2.45, 2.75) is 0 Å². The number of para-hydroxylation sites is 4. The van der Waals surface area contributed by atoms with Crippen LogP contribution in [-0.4, -0.2) is 9.13 Å². The third kappa shape index (κ3) is 3.79. The summed E-state index contributed by atoms with van der Waals surface area (Å²) in [5, 5.41) is 9.93. The molecular weight excluding hydrogens is 653 g/mol. The molecule has 0 aliphatic carbocycles. The van der Waals surface area contributed by atoms with Crippen molar-refractivity contribution in [2.24, 2.45) is 0 Å². The molecule has 52 heavy (non-hydrogen) atoms. The average molecular weight is 681 g/mol. The van der Waals surface area contributed by atoms with Crippen LogP contribution in [0.25, 0.3) is 108 Å². The second-order valence-electron chi connectivity index (χ2n) is 13.7. The highest BCUT2D eigenvalue weighted by Crippen LogP contribution is 2.45. The fourth-order valence-corrected chi connectivity index (χ4v) is 9.89. The lowest BCUT2D eigenvalue weighted by Gasteiger charge is -2.12. The topological polar surface area (TPSA) is 23.0 Å². The second-order valence-corrected chi connectivity index (χ2v) is 14.8. The molecule has 4 heteroatoms. The summed E-state index contributed by atoms with van der Waals surface area (Å²) in [7, 11) is 0. The Balaban J connectivity index is 1.14. The first-order chi connectivity index (χ1) is 25.8. The highest BCUT2D eigenvalue weighted by molar-refractivity contribution is 7.26. The molecule has 4 aromatic heterocycles. The largest absolute Gasteiger partial charge is 0.456 e. The number of furan rings is 1. The van der Waals surface area contributed by atoms with Gasteiger partial charge in [-0.15, -0.1) is 11.3 Å². The second kappa shape index (κ2) is 10.5. The van der Waals surface area contributed by atoms with E-state index in [1.807, 2.05) is 17.4 Å². The molecule has 0 saturated carbocycles. The summed E-state index contributed by atoms with van der Waals surface area (Å²) < 4.78 is 13.7. The van der Waals surface area contributed by atoms with Crippen molar-refractivity contribution < 1.29 is 4.42 Å². The van der Waals surface area contributed by atoms with Crippen molar-refractivity contribution in [3.63, 3.8) is 0 Å². The van der Waals surface area contributed by atoms with Gasteiger partial charge in [-0.2, -0.15) is 0 Å². The Labute approximate surface area is 301 Å². The molecule has 0 aliphatic rings. The fraction of sp³-hybridized carbons (Fsp3) is 0. The Morgan fingerprint density at radius 3 is 1.88 bits per heavy atom. The van der Waals surface area contributed by atoms with E-state index < -0.39 is 0 Å². The first-order valence-electron chi connectivity index (χ1n) is 17.7. The average Bonchev–Trinajstić information content (AvgIpc) is 3.94. The summed E-state index contributed by atoms with van der Waals surface area (Å²) in [5.41, 5.74) is 11.4. The molecule has 0 bridgehead atoms. The van der Waals surface area contributed by atoms with Crippen molar-refractivity contribution in [3.8, 4) is 22.5 Å². The lowest BCUT2D eigenvalue weighted by Crippen LogP contribution is -1.96. The van der Waals surface area contributed by atoms with Crippen molar-refractivity contribution in [1.82, 2.24) is 9.13 Å². The molecular formula is C48H28N2OS. The number of nitrogens with zero attached hydrogens (tertiary/aromatic N) is 2. The van der Waals surface area contributed by atoms with Gasteiger partial charge in [0, 0.05) is 58.2 Å². The smallest absolute Gasteiger partial charge is 0.136 e. The zero-order valence-electron chi connectivity index (χ0n) is 27.9. The van der Waals surface area contributed by atoms with Crippen LogP contribution in [0.3, 0.4) is 0 Å². The number of aromatic nitrogens is 2. The number of thiophene rings is 1. The molecule has 0 unspecified atom stereocenters. The Morgan fingerprint density at radius 2 is 1.06 bits per heavy atom. The number of benzene rings is 8. The van der Waals surface area contributed by atoms with Crippen LogP contribution >= 0.6 is 11.3 Å². The van der Waals surface area contributed by atoms with Gasteiger partial charge in [-0.05, 0) is 77.9 Å². The standard InChI is InChI=1S/C48H28N2OS/c1-2-12-30(13-3-1)49-38-18-7-4-14-32(38)36-27-37-33-15-5-8-19-39(33)50(42(37)28-41(36)49)40-20-11-23-45-48(40)35-25-24-29(26-46(35)52-45)31-17-10-22-44-47(31)34-16-6-9-21-43(34)51-44/h1-28H. The van der Waals surface area contributed by atoms with Crippen molar-refractivity contribution in [3.05, 3.63) is 170 Å². The quantitative estimate of drug-likeness (QED) is 0.182. The number of hydrogen-bond acceptors (Lipinski definition) is 2. The molecule has 4 heterocycles. The summed E-state index contributed by atoms with van der Waals surface area (Å²) in [6.45, 7) is 0. The Hall–Kier alpha value is -6.62. The molecule has 3 nitrogen and oxygen atoms in total. The summed E-state index contributed by atoms with van der Waals surface area (Å²) in [6.07, 6.45) is 0. The van der Waals surface area contributed by atoms with Crippen LogP contribution in [0.5, 0.6) is 0 Å². The van der Waals surface area contributed by atoms with Crippen molar-refractivity contribution in [2.75, 3.05) is 0 Å². The maximum absolute atomic E-state index is 6.25. The van der Waals surface area contributed by atoms with Gasteiger partial charge in [0.2, 0.25) is 0 Å². The van der Waals surface area contributed by atoms with Crippen LogP contribution in [0.2, 0.25) is 0 Å². The van der Waals surface area contributed by atoms with E-state index in [2.05, 4.69) is 173 Å². The minimum absolute atomic E-state index is 0.921. The van der Waals surface area contributed by atoms with Gasteiger partial charge in [-0.1, -0.05) is 103 Å². The van der Waals surface area contributed by atoms with Crippen LogP contribution in [0.4, 0.5) is 0 Å². The van der Waals surface area contributed by atoms with Gasteiger partial charge in [0.05, 0.1) is 27.8 Å². The third-order valence-corrected chi connectivity index (χ3v) is 12.0. The fourth-order valence-electron chi connectivity index (χ4n) is 8.72. The number of fused-ring (bicyclic) bond motifs is 12. The van der Waals surface area contributed by atoms with Crippen LogP contribution < -0.4 is 0 Å². The van der Waals surface area contributed by atoms with Crippen molar-refractivity contribution in [1.29, 1.82) is 0 Å². The SMILES string of the molecule is c1ccc(-n2c3ccccc3c3cc4c5ccccc5n(-c5cccc6sc7cc(-c8cccc9oc%10ccccc%10c89)ccc7c56)c4cc32)cc1. The van der Waals surface area contributed by atoms with Gasteiger partial charge in [0.1, 0.15) is 11.2 Å². The Kier molecular flexibility index (Phi) is 5.65. The van der Waals surface area contributed by atoms with E-state index in [4.69, 9.17) is 4.42 Å². The van der Waals surface area contributed by atoms with E-state index >= 15 is 0 Å². The number of rotatable bonds is 3. The number of hydrogen-bond donors (Lipinski definition) is 0. The molecule has 0 radical (unpaired) electrons. The van der Waals surface area contributed by atoms with Crippen LogP contribution in [0.1, 0.15) is 0 Å². The summed E-state index contributed by atoms with van der Waals surface area (Å²) in [4.78, 5) is 0. The molecule has 12 aromatic rings. The maximum Gasteiger partial charge on any atom is 0.136 e. The van der Waals surface area contributed by atoms with Crippen LogP contribution in [0.15, 0.2) is 174 Å². The van der Waals surface area contributed by atoms with Crippen LogP contribution in [0, 0.1) is 0 Å². The van der Waals surface area contributed by atoms with E-state index in [0.29, 0.717) is 0 Å². The van der Waals surface area contributed by atoms with Gasteiger partial charge >= 0.3 is 0 Å².